The molecular formula is C14H26IN3OS. The van der Waals surface area contributed by atoms with Gasteiger partial charge in [0.05, 0.1) is 13.1 Å². The van der Waals surface area contributed by atoms with E-state index in [1.54, 1.807) is 0 Å². The molecule has 20 heavy (non-hydrogen) atoms. The van der Waals surface area contributed by atoms with Gasteiger partial charge in [-0.1, -0.05) is 12.8 Å². The Morgan fingerprint density at radius 2 is 2.05 bits per heavy atom. The van der Waals surface area contributed by atoms with Gasteiger partial charge in [0.25, 0.3) is 0 Å². The second-order valence-corrected chi connectivity index (χ2v) is 6.21. The summed E-state index contributed by atoms with van der Waals surface area (Å²) in [6, 6.07) is 0. The van der Waals surface area contributed by atoms with Gasteiger partial charge >= 0.3 is 0 Å². The molecule has 1 aliphatic rings. The van der Waals surface area contributed by atoms with Crippen LogP contribution in [0.15, 0.2) is 4.99 Å². The number of halogens is 1. The van der Waals surface area contributed by atoms with Gasteiger partial charge in [0.2, 0.25) is 0 Å². The Morgan fingerprint density at radius 1 is 1.35 bits per heavy atom. The summed E-state index contributed by atoms with van der Waals surface area (Å²) in [5.74, 6) is 4.50. The summed E-state index contributed by atoms with van der Waals surface area (Å²) in [7, 11) is 0. The minimum absolute atomic E-state index is 0. The van der Waals surface area contributed by atoms with E-state index in [1.165, 1.54) is 0 Å². The lowest BCUT2D eigenvalue weighted by molar-refractivity contribution is 0.0793. The van der Waals surface area contributed by atoms with E-state index < -0.39 is 0 Å². The molecule has 1 fully saturated rings. The molecule has 0 aromatic rings. The van der Waals surface area contributed by atoms with Crippen molar-refractivity contribution in [3.8, 4) is 12.3 Å². The molecule has 0 spiro atoms. The number of ether oxygens (including phenoxy) is 1. The van der Waals surface area contributed by atoms with Crippen molar-refractivity contribution in [2.24, 2.45) is 4.99 Å². The average Bonchev–Trinajstić information content (AvgIpc) is 2.43. The van der Waals surface area contributed by atoms with E-state index in [2.05, 4.69) is 35.4 Å². The number of rotatable bonds is 6. The van der Waals surface area contributed by atoms with E-state index in [0.29, 0.717) is 6.54 Å². The fourth-order valence-corrected chi connectivity index (χ4v) is 3.32. The zero-order valence-corrected chi connectivity index (χ0v) is 15.6. The van der Waals surface area contributed by atoms with Gasteiger partial charge in [-0.3, -0.25) is 4.99 Å². The highest BCUT2D eigenvalue weighted by Crippen LogP contribution is 2.35. The summed E-state index contributed by atoms with van der Waals surface area (Å²) >= 11 is 2.00. The largest absolute Gasteiger partial charge is 0.381 e. The Morgan fingerprint density at radius 3 is 2.60 bits per heavy atom. The van der Waals surface area contributed by atoms with Gasteiger partial charge in [0, 0.05) is 24.5 Å². The molecule has 0 aliphatic carbocycles. The van der Waals surface area contributed by atoms with Gasteiger partial charge in [-0.2, -0.15) is 11.8 Å². The first-order valence-electron chi connectivity index (χ1n) is 6.93. The highest BCUT2D eigenvalue weighted by molar-refractivity contribution is 14.0. The van der Waals surface area contributed by atoms with Gasteiger partial charge < -0.3 is 15.4 Å². The van der Waals surface area contributed by atoms with Gasteiger partial charge in [0.15, 0.2) is 5.96 Å². The molecule has 0 atom stereocenters. The lowest BCUT2D eigenvalue weighted by atomic mass is 9.99. The fraction of sp³-hybridized carbons (Fsp3) is 0.786. The molecule has 1 aliphatic heterocycles. The van der Waals surface area contributed by atoms with Crippen LogP contribution in [0.1, 0.15) is 26.7 Å². The number of terminal acetylenes is 1. The molecule has 6 heteroatoms. The number of nitrogens with zero attached hydrogens (tertiary/aromatic N) is 1. The van der Waals surface area contributed by atoms with Crippen LogP contribution in [0.5, 0.6) is 0 Å². The Balaban J connectivity index is 0.00000361. The number of thioether (sulfide) groups is 1. The predicted octanol–water partition coefficient (Wildman–Crippen LogP) is 2.10. The first kappa shape index (κ1) is 19.9. The van der Waals surface area contributed by atoms with Crippen LogP contribution >= 0.6 is 35.7 Å². The number of guanidine groups is 1. The number of hydrogen-bond acceptors (Lipinski definition) is 3. The summed E-state index contributed by atoms with van der Waals surface area (Å²) in [6.07, 6.45) is 7.42. The number of aliphatic imine (C=N–C) groups is 1. The highest BCUT2D eigenvalue weighted by atomic mass is 127. The zero-order chi connectivity index (χ0) is 14.0. The third-order valence-electron chi connectivity index (χ3n) is 3.08. The van der Waals surface area contributed by atoms with E-state index in [1.807, 2.05) is 11.8 Å². The van der Waals surface area contributed by atoms with Gasteiger partial charge in [-0.15, -0.1) is 30.4 Å². The SMILES string of the molecule is C#CCNC(=NCC1(SCC)CCOCC1)NCC.I. The van der Waals surface area contributed by atoms with Crippen molar-refractivity contribution >= 4 is 41.7 Å². The predicted molar refractivity (Wildman–Crippen MR) is 99.1 cm³/mol. The minimum Gasteiger partial charge on any atom is -0.381 e. The van der Waals surface area contributed by atoms with E-state index in [4.69, 9.17) is 11.2 Å². The molecule has 0 aromatic heterocycles. The third-order valence-corrected chi connectivity index (χ3v) is 4.52. The highest BCUT2D eigenvalue weighted by Gasteiger charge is 2.32. The molecule has 2 N–H and O–H groups in total. The van der Waals surface area contributed by atoms with Crippen molar-refractivity contribution < 1.29 is 4.74 Å². The van der Waals surface area contributed by atoms with Crippen LogP contribution in [0.25, 0.3) is 0 Å². The van der Waals surface area contributed by atoms with Gasteiger partial charge in [-0.25, -0.2) is 0 Å². The monoisotopic (exact) mass is 411 g/mol. The Hall–Kier alpha value is -0.130. The molecule has 0 unspecified atom stereocenters. The van der Waals surface area contributed by atoms with E-state index in [-0.39, 0.29) is 28.7 Å². The minimum atomic E-state index is 0. The van der Waals surface area contributed by atoms with Crippen LogP contribution in [0.2, 0.25) is 0 Å². The van der Waals surface area contributed by atoms with Crippen LogP contribution in [0, 0.1) is 12.3 Å². The smallest absolute Gasteiger partial charge is 0.192 e. The maximum Gasteiger partial charge on any atom is 0.192 e. The van der Waals surface area contributed by atoms with Crippen LogP contribution in [-0.4, -0.2) is 49.3 Å². The van der Waals surface area contributed by atoms with E-state index >= 15 is 0 Å². The average molecular weight is 411 g/mol. The van der Waals surface area contributed by atoms with E-state index in [0.717, 1.165) is 50.9 Å². The molecule has 0 bridgehead atoms. The first-order valence-corrected chi connectivity index (χ1v) is 7.92. The summed E-state index contributed by atoms with van der Waals surface area (Å²) in [4.78, 5) is 4.69. The third kappa shape index (κ3) is 7.04. The van der Waals surface area contributed by atoms with Crippen molar-refractivity contribution in [2.75, 3.05) is 38.6 Å². The Kier molecular flexibility index (Phi) is 11.4. The van der Waals surface area contributed by atoms with Gasteiger partial charge in [-0.05, 0) is 25.5 Å². The Bertz CT molecular complexity index is 319. The molecule has 1 saturated heterocycles. The van der Waals surface area contributed by atoms with Crippen LogP contribution in [0.3, 0.4) is 0 Å². The zero-order valence-electron chi connectivity index (χ0n) is 12.4. The lowest BCUT2D eigenvalue weighted by Crippen LogP contribution is -2.41. The van der Waals surface area contributed by atoms with E-state index in [9.17, 15) is 0 Å². The number of nitrogens with one attached hydrogen (secondary N) is 2. The summed E-state index contributed by atoms with van der Waals surface area (Å²) < 4.78 is 5.70. The fourth-order valence-electron chi connectivity index (χ4n) is 2.10. The lowest BCUT2D eigenvalue weighted by Gasteiger charge is -2.35. The Labute approximate surface area is 144 Å². The second kappa shape index (κ2) is 11.5. The van der Waals surface area contributed by atoms with Crippen molar-refractivity contribution in [2.45, 2.75) is 31.4 Å². The molecule has 0 saturated carbocycles. The maximum absolute atomic E-state index is 5.47. The maximum atomic E-state index is 5.47. The molecule has 0 amide bonds. The first-order chi connectivity index (χ1) is 9.26. The summed E-state index contributed by atoms with van der Waals surface area (Å²) in [5.41, 5.74) is 0. The van der Waals surface area contributed by atoms with Crippen molar-refractivity contribution in [1.82, 2.24) is 10.6 Å². The van der Waals surface area contributed by atoms with Crippen LogP contribution in [0.4, 0.5) is 0 Å². The van der Waals surface area contributed by atoms with Crippen molar-refractivity contribution in [1.29, 1.82) is 0 Å². The molecule has 0 radical (unpaired) electrons. The molecule has 4 nitrogen and oxygen atoms in total. The molecule has 1 heterocycles. The topological polar surface area (TPSA) is 45.7 Å². The standard InChI is InChI=1S/C14H25N3OS.HI/c1-4-9-16-13(15-5-2)17-12-14(19-6-3)7-10-18-11-8-14;/h1H,5-12H2,2-3H3,(H2,15,16,17);1H. The molecule has 0 aromatic carbocycles. The normalized spacial score (nSPS) is 17.8. The van der Waals surface area contributed by atoms with Crippen molar-refractivity contribution in [3.63, 3.8) is 0 Å². The van der Waals surface area contributed by atoms with Crippen LogP contribution in [-0.2, 0) is 4.74 Å². The van der Waals surface area contributed by atoms with Gasteiger partial charge in [0.1, 0.15) is 0 Å². The summed E-state index contributed by atoms with van der Waals surface area (Å²) in [6.45, 7) is 8.10. The molecule has 1 rings (SSSR count). The van der Waals surface area contributed by atoms with Crippen molar-refractivity contribution in [3.05, 3.63) is 0 Å². The second-order valence-electron chi connectivity index (χ2n) is 4.48. The molecule has 116 valence electrons. The molecular weight excluding hydrogens is 385 g/mol. The van der Waals surface area contributed by atoms with Crippen LogP contribution < -0.4 is 10.6 Å². The summed E-state index contributed by atoms with van der Waals surface area (Å²) in [5, 5.41) is 6.35. The number of hydrogen-bond donors (Lipinski definition) is 2. The quantitative estimate of drug-likeness (QED) is 0.304.